The Balaban J connectivity index is 3.15. The summed E-state index contributed by atoms with van der Waals surface area (Å²) in [5, 5.41) is 9.95. The van der Waals surface area contributed by atoms with Gasteiger partial charge in [-0.05, 0) is 38.8 Å². The first kappa shape index (κ1) is 11.9. The quantitative estimate of drug-likeness (QED) is 0.800. The van der Waals surface area contributed by atoms with Crippen molar-refractivity contribution in [1.29, 1.82) is 0 Å². The highest BCUT2D eigenvalue weighted by molar-refractivity contribution is 5.49. The van der Waals surface area contributed by atoms with Crippen LogP contribution in [0, 0.1) is 6.92 Å². The van der Waals surface area contributed by atoms with E-state index in [1.807, 2.05) is 26.8 Å². The molecule has 0 amide bonds. The topological polar surface area (TPSA) is 55.5 Å². The van der Waals surface area contributed by atoms with Crippen molar-refractivity contribution in [1.82, 2.24) is 0 Å². The van der Waals surface area contributed by atoms with Gasteiger partial charge in [-0.3, -0.25) is 0 Å². The summed E-state index contributed by atoms with van der Waals surface area (Å²) in [5.41, 5.74) is 7.50. The molecule has 3 heteroatoms. The van der Waals surface area contributed by atoms with Crippen molar-refractivity contribution in [3.63, 3.8) is 0 Å². The van der Waals surface area contributed by atoms with Gasteiger partial charge >= 0.3 is 0 Å². The fourth-order valence-corrected chi connectivity index (χ4v) is 1.56. The van der Waals surface area contributed by atoms with Gasteiger partial charge in [0.2, 0.25) is 0 Å². The third kappa shape index (κ3) is 2.86. The molecule has 0 aliphatic carbocycles. The van der Waals surface area contributed by atoms with Crippen molar-refractivity contribution in [2.45, 2.75) is 32.7 Å². The van der Waals surface area contributed by atoms with Gasteiger partial charge in [-0.15, -0.1) is 0 Å². The van der Waals surface area contributed by atoms with Crippen molar-refractivity contribution >= 4 is 0 Å². The molecule has 0 spiro atoms. The Kier molecular flexibility index (Phi) is 3.25. The summed E-state index contributed by atoms with van der Waals surface area (Å²) in [4.78, 5) is 0. The average Bonchev–Trinajstić information content (AvgIpc) is 2.11. The predicted molar refractivity (Wildman–Crippen MR) is 61.4 cm³/mol. The molecule has 0 atom stereocenters. The lowest BCUT2D eigenvalue weighted by Gasteiger charge is -2.21. The molecule has 0 fully saturated rings. The number of rotatable bonds is 3. The first-order valence-corrected chi connectivity index (χ1v) is 4.99. The molecule has 15 heavy (non-hydrogen) atoms. The van der Waals surface area contributed by atoms with Crippen molar-refractivity contribution in [2.24, 2.45) is 5.73 Å². The SMILES string of the molecule is COc1ccc(C)c(CC(C)(C)N)c1O. The van der Waals surface area contributed by atoms with Crippen molar-refractivity contribution in [2.75, 3.05) is 7.11 Å². The van der Waals surface area contributed by atoms with Gasteiger partial charge in [-0.1, -0.05) is 6.07 Å². The average molecular weight is 209 g/mol. The summed E-state index contributed by atoms with van der Waals surface area (Å²) in [5.74, 6) is 0.705. The molecule has 0 saturated carbocycles. The Hall–Kier alpha value is -1.22. The zero-order chi connectivity index (χ0) is 11.6. The minimum absolute atomic E-state index is 0.205. The number of aromatic hydroxyl groups is 1. The molecular formula is C12H19NO2. The zero-order valence-electron chi connectivity index (χ0n) is 9.79. The fourth-order valence-electron chi connectivity index (χ4n) is 1.56. The van der Waals surface area contributed by atoms with E-state index in [1.54, 1.807) is 13.2 Å². The molecule has 1 aromatic carbocycles. The van der Waals surface area contributed by atoms with Gasteiger partial charge in [-0.2, -0.15) is 0 Å². The Morgan fingerprint density at radius 2 is 2.00 bits per heavy atom. The lowest BCUT2D eigenvalue weighted by molar-refractivity contribution is 0.367. The summed E-state index contributed by atoms with van der Waals surface area (Å²) in [6.07, 6.45) is 0.627. The van der Waals surface area contributed by atoms with Crippen LogP contribution in [0.15, 0.2) is 12.1 Å². The minimum Gasteiger partial charge on any atom is -0.504 e. The summed E-state index contributed by atoms with van der Waals surface area (Å²) >= 11 is 0. The smallest absolute Gasteiger partial charge is 0.161 e. The molecule has 0 radical (unpaired) electrons. The molecule has 0 heterocycles. The summed E-state index contributed by atoms with van der Waals surface area (Å²) in [6.45, 7) is 5.83. The molecular weight excluding hydrogens is 190 g/mol. The largest absolute Gasteiger partial charge is 0.504 e. The van der Waals surface area contributed by atoms with Crippen LogP contribution in [0.4, 0.5) is 0 Å². The number of nitrogens with two attached hydrogens (primary N) is 1. The Morgan fingerprint density at radius 3 is 2.47 bits per heavy atom. The molecule has 0 aromatic heterocycles. The van der Waals surface area contributed by atoms with Crippen LogP contribution in [0.5, 0.6) is 11.5 Å². The lowest BCUT2D eigenvalue weighted by Crippen LogP contribution is -2.34. The molecule has 3 N–H and O–H groups in total. The summed E-state index contributed by atoms with van der Waals surface area (Å²) in [6, 6.07) is 3.69. The monoisotopic (exact) mass is 209 g/mol. The van der Waals surface area contributed by atoms with E-state index in [9.17, 15) is 5.11 Å². The van der Waals surface area contributed by atoms with Gasteiger partial charge in [0.15, 0.2) is 11.5 Å². The van der Waals surface area contributed by atoms with Gasteiger partial charge in [0, 0.05) is 11.1 Å². The Labute approximate surface area is 90.9 Å². The molecule has 0 aliphatic heterocycles. The van der Waals surface area contributed by atoms with Crippen LogP contribution in [0.25, 0.3) is 0 Å². The number of phenolic OH excluding ortho intramolecular Hbond substituents is 1. The molecule has 1 rings (SSSR count). The van der Waals surface area contributed by atoms with Crippen LogP contribution >= 0.6 is 0 Å². The molecule has 0 saturated heterocycles. The van der Waals surface area contributed by atoms with Gasteiger partial charge in [0.25, 0.3) is 0 Å². The maximum Gasteiger partial charge on any atom is 0.161 e. The van der Waals surface area contributed by atoms with Crippen LogP contribution in [-0.4, -0.2) is 17.8 Å². The number of aryl methyl sites for hydroxylation is 1. The third-order valence-electron chi connectivity index (χ3n) is 2.33. The van der Waals surface area contributed by atoms with Crippen molar-refractivity contribution < 1.29 is 9.84 Å². The van der Waals surface area contributed by atoms with E-state index in [0.29, 0.717) is 12.2 Å². The second kappa shape index (κ2) is 4.11. The van der Waals surface area contributed by atoms with E-state index < -0.39 is 0 Å². The zero-order valence-corrected chi connectivity index (χ0v) is 9.79. The Bertz CT molecular complexity index is 353. The minimum atomic E-state index is -0.339. The summed E-state index contributed by atoms with van der Waals surface area (Å²) in [7, 11) is 1.54. The van der Waals surface area contributed by atoms with Crippen LogP contribution in [-0.2, 0) is 6.42 Å². The summed E-state index contributed by atoms with van der Waals surface area (Å²) < 4.78 is 5.06. The van der Waals surface area contributed by atoms with E-state index in [-0.39, 0.29) is 11.3 Å². The van der Waals surface area contributed by atoms with Gasteiger partial charge < -0.3 is 15.6 Å². The number of hydrogen-bond acceptors (Lipinski definition) is 3. The standard InChI is InChI=1S/C12H19NO2/c1-8-5-6-10(15-4)11(14)9(8)7-12(2,3)13/h5-6,14H,7,13H2,1-4H3. The van der Waals surface area contributed by atoms with Crippen LogP contribution in [0.1, 0.15) is 25.0 Å². The number of phenols is 1. The van der Waals surface area contributed by atoms with E-state index in [1.165, 1.54) is 0 Å². The number of methoxy groups -OCH3 is 1. The normalized spacial score (nSPS) is 11.5. The first-order valence-electron chi connectivity index (χ1n) is 4.99. The highest BCUT2D eigenvalue weighted by Crippen LogP contribution is 2.33. The third-order valence-corrected chi connectivity index (χ3v) is 2.33. The van der Waals surface area contributed by atoms with E-state index >= 15 is 0 Å². The van der Waals surface area contributed by atoms with Crippen LogP contribution < -0.4 is 10.5 Å². The molecule has 0 bridgehead atoms. The van der Waals surface area contributed by atoms with E-state index in [4.69, 9.17) is 10.5 Å². The molecule has 84 valence electrons. The first-order chi connectivity index (χ1) is 6.85. The molecule has 3 nitrogen and oxygen atoms in total. The fraction of sp³-hybridized carbons (Fsp3) is 0.500. The van der Waals surface area contributed by atoms with Gasteiger partial charge in [0.05, 0.1) is 7.11 Å². The second-order valence-corrected chi connectivity index (χ2v) is 4.58. The number of ether oxygens (including phenoxy) is 1. The van der Waals surface area contributed by atoms with Crippen molar-refractivity contribution in [3.8, 4) is 11.5 Å². The van der Waals surface area contributed by atoms with Crippen LogP contribution in [0.2, 0.25) is 0 Å². The Morgan fingerprint density at radius 1 is 1.40 bits per heavy atom. The van der Waals surface area contributed by atoms with Crippen LogP contribution in [0.3, 0.4) is 0 Å². The highest BCUT2D eigenvalue weighted by atomic mass is 16.5. The number of benzene rings is 1. The highest BCUT2D eigenvalue weighted by Gasteiger charge is 2.18. The maximum absolute atomic E-state index is 9.95. The molecule has 0 aliphatic rings. The second-order valence-electron chi connectivity index (χ2n) is 4.58. The maximum atomic E-state index is 9.95. The van der Waals surface area contributed by atoms with Crippen molar-refractivity contribution in [3.05, 3.63) is 23.3 Å². The molecule has 1 aromatic rings. The van der Waals surface area contributed by atoms with Gasteiger partial charge in [0.1, 0.15) is 0 Å². The lowest BCUT2D eigenvalue weighted by atomic mass is 9.92. The van der Waals surface area contributed by atoms with E-state index in [2.05, 4.69) is 0 Å². The molecule has 0 unspecified atom stereocenters. The van der Waals surface area contributed by atoms with E-state index in [0.717, 1.165) is 11.1 Å². The predicted octanol–water partition coefficient (Wildman–Crippen LogP) is 1.99. The number of hydrogen-bond donors (Lipinski definition) is 2. The van der Waals surface area contributed by atoms with Gasteiger partial charge in [-0.25, -0.2) is 0 Å².